The SMILES string of the molecule is COc1cccnc1NC(=O)CCCOc1ccccc1. The molecule has 0 aliphatic rings. The molecule has 5 nitrogen and oxygen atoms in total. The maximum absolute atomic E-state index is 11.8. The van der Waals surface area contributed by atoms with Gasteiger partial charge in [-0.25, -0.2) is 4.98 Å². The molecule has 1 N–H and O–H groups in total. The van der Waals surface area contributed by atoms with Gasteiger partial charge in [0.1, 0.15) is 5.75 Å². The lowest BCUT2D eigenvalue weighted by atomic mass is 10.3. The molecule has 1 amide bonds. The largest absolute Gasteiger partial charge is 0.494 e. The monoisotopic (exact) mass is 286 g/mol. The van der Waals surface area contributed by atoms with Crippen molar-refractivity contribution >= 4 is 11.7 Å². The number of ether oxygens (including phenoxy) is 2. The molecule has 1 aromatic carbocycles. The van der Waals surface area contributed by atoms with Crippen molar-refractivity contribution in [3.8, 4) is 11.5 Å². The number of carbonyl (C=O) groups is 1. The Balaban J connectivity index is 1.72. The van der Waals surface area contributed by atoms with E-state index in [1.807, 2.05) is 30.3 Å². The van der Waals surface area contributed by atoms with Gasteiger partial charge in [0.05, 0.1) is 13.7 Å². The first-order valence-corrected chi connectivity index (χ1v) is 6.76. The molecule has 2 rings (SSSR count). The summed E-state index contributed by atoms with van der Waals surface area (Å²) >= 11 is 0. The maximum atomic E-state index is 11.8. The Kier molecular flexibility index (Phi) is 5.58. The van der Waals surface area contributed by atoms with E-state index < -0.39 is 0 Å². The van der Waals surface area contributed by atoms with Crippen LogP contribution in [0.5, 0.6) is 11.5 Å². The van der Waals surface area contributed by atoms with Crippen molar-refractivity contribution in [1.29, 1.82) is 0 Å². The summed E-state index contributed by atoms with van der Waals surface area (Å²) in [7, 11) is 1.54. The zero-order valence-electron chi connectivity index (χ0n) is 11.9. The van der Waals surface area contributed by atoms with Gasteiger partial charge in [0, 0.05) is 12.6 Å². The molecule has 21 heavy (non-hydrogen) atoms. The molecule has 0 atom stereocenters. The number of nitrogens with one attached hydrogen (secondary N) is 1. The van der Waals surface area contributed by atoms with Crippen LogP contribution in [-0.4, -0.2) is 24.6 Å². The van der Waals surface area contributed by atoms with Crippen LogP contribution in [0.4, 0.5) is 5.82 Å². The van der Waals surface area contributed by atoms with E-state index in [2.05, 4.69) is 10.3 Å². The summed E-state index contributed by atoms with van der Waals surface area (Å²) in [5, 5.41) is 2.73. The first-order chi connectivity index (χ1) is 10.3. The van der Waals surface area contributed by atoms with Crippen LogP contribution in [0.15, 0.2) is 48.7 Å². The number of aromatic nitrogens is 1. The van der Waals surface area contributed by atoms with E-state index >= 15 is 0 Å². The van der Waals surface area contributed by atoms with Gasteiger partial charge in [0.25, 0.3) is 0 Å². The second-order valence-corrected chi connectivity index (χ2v) is 4.37. The number of pyridine rings is 1. The minimum absolute atomic E-state index is 0.108. The second-order valence-electron chi connectivity index (χ2n) is 4.37. The Labute approximate surface area is 123 Å². The molecule has 0 bridgehead atoms. The third-order valence-corrected chi connectivity index (χ3v) is 2.81. The molecule has 0 saturated heterocycles. The highest BCUT2D eigenvalue weighted by atomic mass is 16.5. The van der Waals surface area contributed by atoms with Gasteiger partial charge in [0.2, 0.25) is 5.91 Å². The van der Waals surface area contributed by atoms with E-state index in [1.54, 1.807) is 25.4 Å². The van der Waals surface area contributed by atoms with Crippen LogP contribution in [0, 0.1) is 0 Å². The molecule has 0 unspecified atom stereocenters. The van der Waals surface area contributed by atoms with Crippen LogP contribution < -0.4 is 14.8 Å². The molecule has 0 fully saturated rings. The smallest absolute Gasteiger partial charge is 0.225 e. The summed E-state index contributed by atoms with van der Waals surface area (Å²) in [5.41, 5.74) is 0. The number of carbonyl (C=O) groups excluding carboxylic acids is 1. The summed E-state index contributed by atoms with van der Waals surface area (Å²) < 4.78 is 10.7. The third kappa shape index (κ3) is 4.80. The molecule has 5 heteroatoms. The number of rotatable bonds is 7. The molecule has 0 spiro atoms. The number of hydrogen-bond acceptors (Lipinski definition) is 4. The van der Waals surface area contributed by atoms with E-state index in [4.69, 9.17) is 9.47 Å². The Morgan fingerprint density at radius 3 is 2.76 bits per heavy atom. The number of anilines is 1. The highest BCUT2D eigenvalue weighted by Crippen LogP contribution is 2.20. The fraction of sp³-hybridized carbons (Fsp3) is 0.250. The van der Waals surface area contributed by atoms with Crippen LogP contribution >= 0.6 is 0 Å². The van der Waals surface area contributed by atoms with Crippen molar-refractivity contribution in [2.45, 2.75) is 12.8 Å². The molecule has 2 aromatic rings. The Bertz CT molecular complexity index is 573. The highest BCUT2D eigenvalue weighted by Gasteiger charge is 2.07. The van der Waals surface area contributed by atoms with E-state index in [-0.39, 0.29) is 5.91 Å². The first-order valence-electron chi connectivity index (χ1n) is 6.76. The van der Waals surface area contributed by atoms with Crippen LogP contribution in [0.2, 0.25) is 0 Å². The standard InChI is InChI=1S/C16H18N2O3/c1-20-14-9-5-11-17-16(14)18-15(19)10-6-12-21-13-7-3-2-4-8-13/h2-5,7-9,11H,6,10,12H2,1H3,(H,17,18,19). The van der Waals surface area contributed by atoms with Crippen molar-refractivity contribution in [2.75, 3.05) is 19.0 Å². The number of hydrogen-bond donors (Lipinski definition) is 1. The van der Waals surface area contributed by atoms with Crippen molar-refractivity contribution in [3.05, 3.63) is 48.7 Å². The van der Waals surface area contributed by atoms with E-state index in [0.717, 1.165) is 5.75 Å². The van der Waals surface area contributed by atoms with E-state index in [1.165, 1.54) is 0 Å². The number of benzene rings is 1. The van der Waals surface area contributed by atoms with Crippen molar-refractivity contribution < 1.29 is 14.3 Å². The minimum atomic E-state index is -0.108. The van der Waals surface area contributed by atoms with E-state index in [9.17, 15) is 4.79 Å². The molecule has 0 saturated carbocycles. The van der Waals surface area contributed by atoms with Gasteiger partial charge in [-0.05, 0) is 30.7 Å². The molecule has 0 radical (unpaired) electrons. The maximum Gasteiger partial charge on any atom is 0.225 e. The zero-order chi connectivity index (χ0) is 14.9. The predicted molar refractivity (Wildman–Crippen MR) is 80.6 cm³/mol. The summed E-state index contributed by atoms with van der Waals surface area (Å²) in [6.45, 7) is 0.497. The van der Waals surface area contributed by atoms with Crippen molar-refractivity contribution in [1.82, 2.24) is 4.98 Å². The number of amides is 1. The van der Waals surface area contributed by atoms with Gasteiger partial charge in [-0.2, -0.15) is 0 Å². The lowest BCUT2D eigenvalue weighted by Crippen LogP contribution is -2.14. The van der Waals surface area contributed by atoms with Crippen molar-refractivity contribution in [2.24, 2.45) is 0 Å². The zero-order valence-corrected chi connectivity index (χ0v) is 11.9. The lowest BCUT2D eigenvalue weighted by molar-refractivity contribution is -0.116. The van der Waals surface area contributed by atoms with Crippen LogP contribution in [0.3, 0.4) is 0 Å². The summed E-state index contributed by atoms with van der Waals surface area (Å²) in [6.07, 6.45) is 2.61. The molecule has 0 aliphatic carbocycles. The normalized spacial score (nSPS) is 9.95. The fourth-order valence-electron chi connectivity index (χ4n) is 1.78. The molecule has 0 aliphatic heterocycles. The fourth-order valence-corrected chi connectivity index (χ4v) is 1.78. The average Bonchev–Trinajstić information content (AvgIpc) is 2.53. The highest BCUT2D eigenvalue weighted by molar-refractivity contribution is 5.91. The number of para-hydroxylation sites is 1. The van der Waals surface area contributed by atoms with Gasteiger partial charge in [-0.15, -0.1) is 0 Å². The van der Waals surface area contributed by atoms with E-state index in [0.29, 0.717) is 31.0 Å². The quantitative estimate of drug-likeness (QED) is 0.795. The van der Waals surface area contributed by atoms with Gasteiger partial charge in [-0.1, -0.05) is 18.2 Å². The van der Waals surface area contributed by atoms with Crippen LogP contribution in [0.25, 0.3) is 0 Å². The summed E-state index contributed by atoms with van der Waals surface area (Å²) in [6, 6.07) is 13.0. The predicted octanol–water partition coefficient (Wildman–Crippen LogP) is 2.89. The first kappa shape index (κ1) is 14.8. The molecule has 110 valence electrons. The van der Waals surface area contributed by atoms with Crippen molar-refractivity contribution in [3.63, 3.8) is 0 Å². The summed E-state index contributed by atoms with van der Waals surface area (Å²) in [4.78, 5) is 15.9. The summed E-state index contributed by atoms with van der Waals surface area (Å²) in [5.74, 6) is 1.69. The van der Waals surface area contributed by atoms with Crippen LogP contribution in [-0.2, 0) is 4.79 Å². The minimum Gasteiger partial charge on any atom is -0.494 e. The third-order valence-electron chi connectivity index (χ3n) is 2.81. The Morgan fingerprint density at radius 1 is 1.19 bits per heavy atom. The Hall–Kier alpha value is -2.56. The molecule has 1 heterocycles. The van der Waals surface area contributed by atoms with Gasteiger partial charge < -0.3 is 14.8 Å². The van der Waals surface area contributed by atoms with Gasteiger partial charge in [-0.3, -0.25) is 4.79 Å². The topological polar surface area (TPSA) is 60.5 Å². The molecular formula is C16H18N2O3. The lowest BCUT2D eigenvalue weighted by Gasteiger charge is -2.09. The number of nitrogens with zero attached hydrogens (tertiary/aromatic N) is 1. The molecule has 1 aromatic heterocycles. The molecular weight excluding hydrogens is 268 g/mol. The number of methoxy groups -OCH3 is 1. The van der Waals surface area contributed by atoms with Crippen LogP contribution in [0.1, 0.15) is 12.8 Å². The average molecular weight is 286 g/mol. The van der Waals surface area contributed by atoms with Gasteiger partial charge in [0.15, 0.2) is 11.6 Å². The Morgan fingerprint density at radius 2 is 2.00 bits per heavy atom. The van der Waals surface area contributed by atoms with Gasteiger partial charge >= 0.3 is 0 Å². The second kappa shape index (κ2) is 7.89.